The van der Waals surface area contributed by atoms with Gasteiger partial charge in [0.1, 0.15) is 17.3 Å². The lowest BCUT2D eigenvalue weighted by molar-refractivity contribution is 0.350. The van der Waals surface area contributed by atoms with Crippen LogP contribution in [0.1, 0.15) is 32.3 Å². The second kappa shape index (κ2) is 8.03. The second-order valence-corrected chi connectivity index (χ2v) is 6.14. The number of aliphatic hydroxyl groups is 1. The van der Waals surface area contributed by atoms with E-state index in [1.807, 2.05) is 13.8 Å². The van der Waals surface area contributed by atoms with Crippen LogP contribution < -0.4 is 9.46 Å². The maximum Gasteiger partial charge on any atom is 0.244 e. The number of sulfonamides is 1. The van der Waals surface area contributed by atoms with Gasteiger partial charge in [0.2, 0.25) is 10.0 Å². The van der Waals surface area contributed by atoms with Crippen LogP contribution in [0.3, 0.4) is 0 Å². The van der Waals surface area contributed by atoms with Crippen molar-refractivity contribution in [1.29, 1.82) is 0 Å². The van der Waals surface area contributed by atoms with Crippen molar-refractivity contribution in [1.82, 2.24) is 4.72 Å². The second-order valence-electron chi connectivity index (χ2n) is 4.46. The minimum Gasteiger partial charge on any atom is -0.495 e. The molecule has 0 spiro atoms. The van der Waals surface area contributed by atoms with Crippen LogP contribution in [0.25, 0.3) is 0 Å². The minimum atomic E-state index is -3.68. The molecule has 1 aromatic carbocycles. The van der Waals surface area contributed by atoms with Gasteiger partial charge in [-0.1, -0.05) is 25.7 Å². The van der Waals surface area contributed by atoms with Crippen LogP contribution in [-0.2, 0) is 10.0 Å². The first-order valence-corrected chi connectivity index (χ1v) is 8.26. The van der Waals surface area contributed by atoms with Gasteiger partial charge in [-0.2, -0.15) is 0 Å². The lowest BCUT2D eigenvalue weighted by Crippen LogP contribution is -2.34. The summed E-state index contributed by atoms with van der Waals surface area (Å²) in [5, 5.41) is 8.71. The number of hydrogen-bond acceptors (Lipinski definition) is 4. The maximum atomic E-state index is 12.5. The Balaban J connectivity index is 3.25. The Morgan fingerprint density at radius 2 is 2.00 bits per heavy atom. The molecule has 1 rings (SSSR count). The van der Waals surface area contributed by atoms with E-state index in [1.165, 1.54) is 13.2 Å². The molecular weight excluding hydrogens is 290 g/mol. The van der Waals surface area contributed by atoms with Crippen molar-refractivity contribution in [3.05, 3.63) is 23.8 Å². The molecule has 6 heteroatoms. The van der Waals surface area contributed by atoms with Crippen molar-refractivity contribution in [2.24, 2.45) is 0 Å². The Morgan fingerprint density at radius 1 is 1.33 bits per heavy atom. The van der Waals surface area contributed by atoms with Gasteiger partial charge in [-0.3, -0.25) is 0 Å². The van der Waals surface area contributed by atoms with Crippen molar-refractivity contribution in [2.45, 2.75) is 37.6 Å². The number of hydrogen-bond donors (Lipinski definition) is 2. The summed E-state index contributed by atoms with van der Waals surface area (Å²) >= 11 is 0. The first-order valence-electron chi connectivity index (χ1n) is 6.78. The molecule has 5 nitrogen and oxygen atoms in total. The Kier molecular flexibility index (Phi) is 6.69. The molecule has 0 amide bonds. The third kappa shape index (κ3) is 4.74. The van der Waals surface area contributed by atoms with Gasteiger partial charge in [-0.15, -0.1) is 0 Å². The van der Waals surface area contributed by atoms with Gasteiger partial charge in [0, 0.05) is 11.6 Å². The van der Waals surface area contributed by atoms with Crippen LogP contribution in [0.4, 0.5) is 0 Å². The zero-order valence-corrected chi connectivity index (χ0v) is 13.3. The summed E-state index contributed by atoms with van der Waals surface area (Å²) in [5.41, 5.74) is 0.509. The number of rotatable bonds is 6. The van der Waals surface area contributed by atoms with Gasteiger partial charge < -0.3 is 9.84 Å². The van der Waals surface area contributed by atoms with E-state index in [9.17, 15) is 8.42 Å². The molecule has 0 fully saturated rings. The van der Waals surface area contributed by atoms with E-state index in [-0.39, 0.29) is 23.3 Å². The lowest BCUT2D eigenvalue weighted by atomic mass is 10.2. The smallest absolute Gasteiger partial charge is 0.244 e. The number of aliphatic hydroxyl groups excluding tert-OH is 1. The Labute approximate surface area is 126 Å². The van der Waals surface area contributed by atoms with E-state index in [0.29, 0.717) is 18.4 Å². The van der Waals surface area contributed by atoms with Crippen LogP contribution >= 0.6 is 0 Å². The first kappa shape index (κ1) is 17.5. The Hall–Kier alpha value is -1.55. The third-order valence-corrected chi connectivity index (χ3v) is 4.61. The zero-order valence-electron chi connectivity index (χ0n) is 12.5. The molecule has 0 saturated carbocycles. The topological polar surface area (TPSA) is 75.6 Å². The third-order valence-electron chi connectivity index (χ3n) is 3.07. The first-order chi connectivity index (χ1) is 9.98. The van der Waals surface area contributed by atoms with Crippen LogP contribution in [0.15, 0.2) is 23.1 Å². The molecule has 0 saturated heterocycles. The molecule has 0 radical (unpaired) electrons. The molecule has 0 atom stereocenters. The summed E-state index contributed by atoms with van der Waals surface area (Å²) in [5.74, 6) is 5.45. The van der Waals surface area contributed by atoms with E-state index >= 15 is 0 Å². The van der Waals surface area contributed by atoms with Crippen LogP contribution in [0.5, 0.6) is 5.75 Å². The fourth-order valence-electron chi connectivity index (χ4n) is 1.84. The molecule has 0 unspecified atom stereocenters. The van der Waals surface area contributed by atoms with Crippen LogP contribution in [0.2, 0.25) is 0 Å². The average Bonchev–Trinajstić information content (AvgIpc) is 2.50. The van der Waals surface area contributed by atoms with Gasteiger partial charge in [-0.25, -0.2) is 13.1 Å². The maximum absolute atomic E-state index is 12.5. The zero-order chi connectivity index (χ0) is 15.9. The van der Waals surface area contributed by atoms with Crippen molar-refractivity contribution >= 4 is 10.0 Å². The fraction of sp³-hybridized carbons (Fsp3) is 0.467. The molecular formula is C15H21NO4S. The van der Waals surface area contributed by atoms with Crippen LogP contribution in [0, 0.1) is 11.8 Å². The van der Waals surface area contributed by atoms with Crippen molar-refractivity contribution in [2.75, 3.05) is 13.7 Å². The Bertz CT molecular complexity index is 625. The molecule has 0 bridgehead atoms. The minimum absolute atomic E-state index is 0.0571. The van der Waals surface area contributed by atoms with Crippen molar-refractivity contribution in [3.8, 4) is 17.6 Å². The Morgan fingerprint density at radius 3 is 2.52 bits per heavy atom. The van der Waals surface area contributed by atoms with Gasteiger partial charge >= 0.3 is 0 Å². The van der Waals surface area contributed by atoms with E-state index < -0.39 is 10.0 Å². The molecule has 0 aromatic heterocycles. The highest BCUT2D eigenvalue weighted by molar-refractivity contribution is 7.89. The normalized spacial score (nSPS) is 11.1. The number of nitrogens with one attached hydrogen (secondary N) is 1. The lowest BCUT2D eigenvalue weighted by Gasteiger charge is -2.16. The van der Waals surface area contributed by atoms with E-state index in [1.54, 1.807) is 12.1 Å². The quantitative estimate of drug-likeness (QED) is 0.781. The fourth-order valence-corrected chi connectivity index (χ4v) is 3.44. The molecule has 0 aliphatic rings. The van der Waals surface area contributed by atoms with Gasteiger partial charge in [0.15, 0.2) is 0 Å². The predicted molar refractivity (Wildman–Crippen MR) is 81.6 cm³/mol. The highest BCUT2D eigenvalue weighted by atomic mass is 32.2. The molecule has 1 aromatic rings. The molecule has 21 heavy (non-hydrogen) atoms. The summed E-state index contributed by atoms with van der Waals surface area (Å²) in [6, 6.07) is 4.54. The van der Waals surface area contributed by atoms with Gasteiger partial charge in [0.25, 0.3) is 0 Å². The van der Waals surface area contributed by atoms with E-state index in [4.69, 9.17) is 9.84 Å². The van der Waals surface area contributed by atoms with Crippen molar-refractivity contribution < 1.29 is 18.3 Å². The van der Waals surface area contributed by atoms with E-state index in [0.717, 1.165) is 0 Å². The average molecular weight is 311 g/mol. The molecule has 116 valence electrons. The highest BCUT2D eigenvalue weighted by Gasteiger charge is 2.22. The van der Waals surface area contributed by atoms with Crippen molar-refractivity contribution in [3.63, 3.8) is 0 Å². The van der Waals surface area contributed by atoms with Crippen LogP contribution in [-0.4, -0.2) is 33.3 Å². The van der Waals surface area contributed by atoms with E-state index in [2.05, 4.69) is 16.6 Å². The number of methoxy groups -OCH3 is 1. The molecule has 2 N–H and O–H groups in total. The monoisotopic (exact) mass is 311 g/mol. The summed E-state index contributed by atoms with van der Waals surface area (Å²) in [4.78, 5) is 0.0571. The number of benzene rings is 1. The molecule has 0 aliphatic heterocycles. The summed E-state index contributed by atoms with van der Waals surface area (Å²) in [6.07, 6.45) is 1.42. The highest BCUT2D eigenvalue weighted by Crippen LogP contribution is 2.25. The largest absolute Gasteiger partial charge is 0.495 e. The predicted octanol–water partition coefficient (Wildman–Crippen LogP) is 1.51. The summed E-state index contributed by atoms with van der Waals surface area (Å²) < 4.78 is 32.7. The SMILES string of the molecule is CCC(CC)NS(=O)(=O)c1cc(C#CCO)ccc1OC. The van der Waals surface area contributed by atoms with Gasteiger partial charge in [-0.05, 0) is 31.0 Å². The number of ether oxygens (including phenoxy) is 1. The summed E-state index contributed by atoms with van der Waals surface area (Å²) in [6.45, 7) is 3.58. The molecule has 0 heterocycles. The molecule has 0 aliphatic carbocycles. The van der Waals surface area contributed by atoms with Gasteiger partial charge in [0.05, 0.1) is 7.11 Å². The standard InChI is InChI=1S/C15H21NO4S/c1-4-13(5-2)16-21(18,19)15-11-12(7-6-10-17)8-9-14(15)20-3/h8-9,11,13,16-17H,4-5,10H2,1-3H3. The summed E-state index contributed by atoms with van der Waals surface area (Å²) in [7, 11) is -2.26.